The zero-order chi connectivity index (χ0) is 22.9. The minimum absolute atomic E-state index is 0.125. The first-order chi connectivity index (χ1) is 14.6. The van der Waals surface area contributed by atoms with Gasteiger partial charge in [0, 0.05) is 35.4 Å². The van der Waals surface area contributed by atoms with Crippen LogP contribution in [0.1, 0.15) is 20.7 Å². The Labute approximate surface area is 169 Å². The van der Waals surface area contributed by atoms with E-state index in [2.05, 4.69) is 0 Å². The second-order valence-electron chi connectivity index (χ2n) is 5.99. The molecule has 0 aliphatic rings. The zero-order valence-corrected chi connectivity index (χ0v) is 15.1. The Bertz CT molecular complexity index is 1360. The summed E-state index contributed by atoms with van der Waals surface area (Å²) in [4.78, 5) is 69.8. The van der Waals surface area contributed by atoms with E-state index in [4.69, 9.17) is 0 Å². The largest absolute Gasteiger partial charge is 0.345 e. The van der Waals surface area contributed by atoms with Crippen LogP contribution in [0.25, 0.3) is 0 Å². The van der Waals surface area contributed by atoms with Gasteiger partial charge in [0.1, 0.15) is 0 Å². The standard InChI is InChI=1S/C18H9FN4O8/c19-14-9-20(15(24)10-1-5-12(6-2-10)22(28)29)18(27)21(17(14)26)16(25)11-3-7-13(8-4-11)23(30)31/h1-9H. The molecular weight excluding hydrogens is 419 g/mol. The number of nitrogens with zero attached hydrogens (tertiary/aromatic N) is 4. The molecule has 0 saturated carbocycles. The van der Waals surface area contributed by atoms with Crippen LogP contribution in [-0.2, 0) is 0 Å². The summed E-state index contributed by atoms with van der Waals surface area (Å²) in [6, 6.07) is 7.78. The number of rotatable bonds is 4. The monoisotopic (exact) mass is 428 g/mol. The molecule has 3 aromatic rings. The molecule has 0 spiro atoms. The van der Waals surface area contributed by atoms with Gasteiger partial charge in [-0.2, -0.15) is 8.96 Å². The quantitative estimate of drug-likeness (QED) is 0.444. The van der Waals surface area contributed by atoms with E-state index >= 15 is 0 Å². The van der Waals surface area contributed by atoms with Crippen molar-refractivity contribution >= 4 is 23.2 Å². The molecule has 156 valence electrons. The lowest BCUT2D eigenvalue weighted by atomic mass is 10.2. The second-order valence-corrected chi connectivity index (χ2v) is 5.99. The number of carbonyl (C=O) groups excluding carboxylic acids is 2. The molecular formula is C18H9FN4O8. The molecule has 0 unspecified atom stereocenters. The molecule has 0 aliphatic carbocycles. The molecule has 0 fully saturated rings. The van der Waals surface area contributed by atoms with Gasteiger partial charge in [-0.15, -0.1) is 0 Å². The molecule has 3 rings (SSSR count). The van der Waals surface area contributed by atoms with Crippen molar-refractivity contribution in [2.75, 3.05) is 0 Å². The Morgan fingerprint density at radius 3 is 1.61 bits per heavy atom. The lowest BCUT2D eigenvalue weighted by Gasteiger charge is -2.09. The summed E-state index contributed by atoms with van der Waals surface area (Å²) in [5.74, 6) is -4.05. The third-order valence-electron chi connectivity index (χ3n) is 4.12. The Balaban J connectivity index is 2.09. The topological polar surface area (TPSA) is 164 Å². The van der Waals surface area contributed by atoms with Gasteiger partial charge < -0.3 is 0 Å². The minimum Gasteiger partial charge on any atom is -0.268 e. The van der Waals surface area contributed by atoms with Crippen molar-refractivity contribution in [3.8, 4) is 0 Å². The second kappa shape index (κ2) is 7.90. The molecule has 0 amide bonds. The number of nitro benzene ring substituents is 2. The highest BCUT2D eigenvalue weighted by Gasteiger charge is 2.23. The van der Waals surface area contributed by atoms with Crippen LogP contribution >= 0.6 is 0 Å². The summed E-state index contributed by atoms with van der Waals surface area (Å²) in [6.45, 7) is 0. The molecule has 0 radical (unpaired) electrons. The van der Waals surface area contributed by atoms with Crippen molar-refractivity contribution < 1.29 is 23.8 Å². The first-order valence-electron chi connectivity index (χ1n) is 8.24. The van der Waals surface area contributed by atoms with Gasteiger partial charge in [0.25, 0.3) is 28.7 Å². The van der Waals surface area contributed by atoms with Crippen LogP contribution in [0.5, 0.6) is 0 Å². The van der Waals surface area contributed by atoms with E-state index in [-0.39, 0.29) is 31.6 Å². The van der Waals surface area contributed by atoms with Gasteiger partial charge in [-0.25, -0.2) is 9.36 Å². The van der Waals surface area contributed by atoms with Crippen molar-refractivity contribution in [1.29, 1.82) is 0 Å². The minimum atomic E-state index is -1.62. The molecule has 31 heavy (non-hydrogen) atoms. The number of carbonyl (C=O) groups is 2. The molecule has 1 aromatic heterocycles. The maximum Gasteiger partial charge on any atom is 0.345 e. The van der Waals surface area contributed by atoms with Crippen molar-refractivity contribution in [3.05, 3.63) is 113 Å². The fourth-order valence-electron chi connectivity index (χ4n) is 2.57. The van der Waals surface area contributed by atoms with Crippen molar-refractivity contribution in [3.63, 3.8) is 0 Å². The van der Waals surface area contributed by atoms with Gasteiger partial charge in [0.05, 0.1) is 16.0 Å². The molecule has 0 saturated heterocycles. The van der Waals surface area contributed by atoms with Crippen molar-refractivity contribution in [2.45, 2.75) is 0 Å². The summed E-state index contributed by atoms with van der Waals surface area (Å²) < 4.78 is 14.2. The van der Waals surface area contributed by atoms with Gasteiger partial charge in [-0.1, -0.05) is 0 Å². The molecule has 13 heteroatoms. The van der Waals surface area contributed by atoms with E-state index in [1.807, 2.05) is 0 Å². The molecule has 12 nitrogen and oxygen atoms in total. The Hall–Kier alpha value is -4.81. The summed E-state index contributed by atoms with van der Waals surface area (Å²) >= 11 is 0. The SMILES string of the molecule is O=C(c1ccc([N+](=O)[O-])cc1)n1cc(F)c(=O)n(C(=O)c2ccc([N+](=O)[O-])cc2)c1=O. The molecule has 2 aromatic carbocycles. The van der Waals surface area contributed by atoms with E-state index < -0.39 is 38.7 Å². The van der Waals surface area contributed by atoms with Crippen molar-refractivity contribution in [2.24, 2.45) is 0 Å². The predicted octanol–water partition coefficient (Wildman–Crippen LogP) is 1.34. The molecule has 0 bridgehead atoms. The van der Waals surface area contributed by atoms with E-state index in [0.717, 1.165) is 48.5 Å². The fraction of sp³-hybridized carbons (Fsp3) is 0. The highest BCUT2D eigenvalue weighted by atomic mass is 19.1. The number of hydrogen-bond donors (Lipinski definition) is 0. The average Bonchev–Trinajstić information content (AvgIpc) is 2.76. The highest BCUT2D eigenvalue weighted by Crippen LogP contribution is 2.14. The number of halogens is 1. The fourth-order valence-corrected chi connectivity index (χ4v) is 2.57. The van der Waals surface area contributed by atoms with E-state index in [9.17, 15) is 43.8 Å². The van der Waals surface area contributed by atoms with Crippen LogP contribution in [0, 0.1) is 26.0 Å². The number of benzene rings is 2. The van der Waals surface area contributed by atoms with Gasteiger partial charge in [-0.05, 0) is 24.3 Å². The first-order valence-corrected chi connectivity index (χ1v) is 8.24. The number of hydrogen-bond acceptors (Lipinski definition) is 8. The Morgan fingerprint density at radius 1 is 0.774 bits per heavy atom. The summed E-state index contributed by atoms with van der Waals surface area (Å²) in [7, 11) is 0. The van der Waals surface area contributed by atoms with Crippen LogP contribution in [0.2, 0.25) is 0 Å². The number of aromatic nitrogens is 2. The van der Waals surface area contributed by atoms with Gasteiger partial charge in [0.2, 0.25) is 5.82 Å². The predicted molar refractivity (Wildman–Crippen MR) is 101 cm³/mol. The van der Waals surface area contributed by atoms with E-state index in [1.54, 1.807) is 0 Å². The molecule has 0 N–H and O–H groups in total. The van der Waals surface area contributed by atoms with E-state index in [0.29, 0.717) is 6.20 Å². The summed E-state index contributed by atoms with van der Waals surface area (Å²) in [5, 5.41) is 21.4. The lowest BCUT2D eigenvalue weighted by molar-refractivity contribution is -0.385. The van der Waals surface area contributed by atoms with Gasteiger partial charge in [-0.3, -0.25) is 34.6 Å². The molecule has 0 atom stereocenters. The Morgan fingerprint density at radius 2 is 1.19 bits per heavy atom. The van der Waals surface area contributed by atoms with E-state index in [1.165, 1.54) is 0 Å². The van der Waals surface area contributed by atoms with Crippen LogP contribution in [-0.4, -0.2) is 30.8 Å². The van der Waals surface area contributed by atoms with Crippen molar-refractivity contribution in [1.82, 2.24) is 9.13 Å². The molecule has 0 aliphatic heterocycles. The average molecular weight is 428 g/mol. The third kappa shape index (κ3) is 3.87. The normalized spacial score (nSPS) is 10.5. The van der Waals surface area contributed by atoms with Crippen LogP contribution in [0.4, 0.5) is 15.8 Å². The zero-order valence-electron chi connectivity index (χ0n) is 15.1. The van der Waals surface area contributed by atoms with Crippen LogP contribution < -0.4 is 11.2 Å². The summed E-state index contributed by atoms with van der Waals surface area (Å²) in [5.41, 5.74) is -4.41. The molecule has 1 heterocycles. The smallest absolute Gasteiger partial charge is 0.268 e. The highest BCUT2D eigenvalue weighted by molar-refractivity contribution is 5.98. The maximum absolute atomic E-state index is 14.1. The van der Waals surface area contributed by atoms with Gasteiger partial charge in [0.15, 0.2) is 0 Å². The van der Waals surface area contributed by atoms with Gasteiger partial charge >= 0.3 is 5.69 Å². The number of nitro groups is 2. The van der Waals surface area contributed by atoms with Crippen LogP contribution in [0.15, 0.2) is 64.3 Å². The number of non-ortho nitro benzene ring substituents is 2. The van der Waals surface area contributed by atoms with Crippen LogP contribution in [0.3, 0.4) is 0 Å². The first kappa shape index (κ1) is 20.9. The lowest BCUT2D eigenvalue weighted by Crippen LogP contribution is -2.46. The maximum atomic E-state index is 14.1. The summed E-state index contributed by atoms with van der Waals surface area (Å²) in [6.07, 6.45) is 0.300. The third-order valence-corrected chi connectivity index (χ3v) is 4.12. The Kier molecular flexibility index (Phi) is 5.33.